The highest BCUT2D eigenvalue weighted by Gasteiger charge is 2.30. The van der Waals surface area contributed by atoms with Gasteiger partial charge in [0.2, 0.25) is 0 Å². The number of alkyl halides is 3. The summed E-state index contributed by atoms with van der Waals surface area (Å²) >= 11 is 0. The smallest absolute Gasteiger partial charge is 0.309 e. The standard InChI is InChI=1S/C10H13F3N2/c1-7(2)15(14)9-5-3-8(4-6-9)10(11,12)13/h3-7H,14H2,1-2H3. The summed E-state index contributed by atoms with van der Waals surface area (Å²) in [4.78, 5) is 0. The molecule has 0 aliphatic carbocycles. The monoisotopic (exact) mass is 218 g/mol. The molecule has 1 aromatic rings. The average molecular weight is 218 g/mol. The van der Waals surface area contributed by atoms with E-state index in [0.29, 0.717) is 5.69 Å². The fourth-order valence-corrected chi connectivity index (χ4v) is 1.12. The molecule has 0 fully saturated rings. The molecule has 1 aromatic carbocycles. The fourth-order valence-electron chi connectivity index (χ4n) is 1.12. The van der Waals surface area contributed by atoms with Crippen molar-refractivity contribution in [2.45, 2.75) is 26.1 Å². The lowest BCUT2D eigenvalue weighted by Crippen LogP contribution is -2.37. The first-order valence-electron chi connectivity index (χ1n) is 4.53. The molecule has 2 N–H and O–H groups in total. The van der Waals surface area contributed by atoms with Crippen LogP contribution in [-0.2, 0) is 6.18 Å². The van der Waals surface area contributed by atoms with Gasteiger partial charge in [0.05, 0.1) is 11.3 Å². The van der Waals surface area contributed by atoms with Crippen LogP contribution in [0.4, 0.5) is 18.9 Å². The van der Waals surface area contributed by atoms with Gasteiger partial charge in [0.25, 0.3) is 0 Å². The van der Waals surface area contributed by atoms with E-state index in [4.69, 9.17) is 5.84 Å². The van der Waals surface area contributed by atoms with Crippen molar-refractivity contribution < 1.29 is 13.2 Å². The summed E-state index contributed by atoms with van der Waals surface area (Å²) in [5, 5.41) is 1.42. The predicted octanol–water partition coefficient (Wildman–Crippen LogP) is 2.79. The Bertz CT molecular complexity index is 316. The number of hydrogen-bond donors (Lipinski definition) is 1. The molecule has 0 atom stereocenters. The normalized spacial score (nSPS) is 11.9. The van der Waals surface area contributed by atoms with Crippen molar-refractivity contribution in [2.75, 3.05) is 5.01 Å². The Morgan fingerprint density at radius 2 is 1.60 bits per heavy atom. The summed E-state index contributed by atoms with van der Waals surface area (Å²) in [6.07, 6.45) is -4.30. The van der Waals surface area contributed by atoms with Crippen LogP contribution in [0.5, 0.6) is 0 Å². The Kier molecular flexibility index (Phi) is 3.24. The molecule has 0 saturated heterocycles. The van der Waals surface area contributed by atoms with E-state index < -0.39 is 11.7 Å². The summed E-state index contributed by atoms with van der Waals surface area (Å²) in [7, 11) is 0. The molecule has 0 unspecified atom stereocenters. The first-order valence-corrected chi connectivity index (χ1v) is 4.53. The summed E-state index contributed by atoms with van der Waals surface area (Å²) in [5.41, 5.74) is -0.0959. The minimum absolute atomic E-state index is 0.0433. The molecule has 0 aliphatic heterocycles. The number of nitrogens with zero attached hydrogens (tertiary/aromatic N) is 1. The Morgan fingerprint density at radius 3 is 1.93 bits per heavy atom. The Hall–Kier alpha value is -1.23. The van der Waals surface area contributed by atoms with Crippen molar-refractivity contribution >= 4 is 5.69 Å². The zero-order valence-electron chi connectivity index (χ0n) is 8.55. The topological polar surface area (TPSA) is 29.3 Å². The lowest BCUT2D eigenvalue weighted by molar-refractivity contribution is -0.137. The molecule has 0 aromatic heterocycles. The van der Waals surface area contributed by atoms with Crippen LogP contribution in [0.1, 0.15) is 19.4 Å². The second-order valence-electron chi connectivity index (χ2n) is 3.55. The van der Waals surface area contributed by atoms with Gasteiger partial charge >= 0.3 is 6.18 Å². The Labute approximate surface area is 86.5 Å². The van der Waals surface area contributed by atoms with Gasteiger partial charge in [-0.2, -0.15) is 13.2 Å². The van der Waals surface area contributed by atoms with Crippen LogP contribution >= 0.6 is 0 Å². The van der Waals surface area contributed by atoms with Crippen LogP contribution in [0.25, 0.3) is 0 Å². The quantitative estimate of drug-likeness (QED) is 0.611. The maximum atomic E-state index is 12.2. The molecule has 0 amide bonds. The molecule has 0 saturated carbocycles. The average Bonchev–Trinajstić information content (AvgIpc) is 2.15. The maximum absolute atomic E-state index is 12.2. The molecule has 1 rings (SSSR count). The third-order valence-corrected chi connectivity index (χ3v) is 2.05. The van der Waals surface area contributed by atoms with E-state index in [1.54, 1.807) is 0 Å². The van der Waals surface area contributed by atoms with Crippen LogP contribution in [0, 0.1) is 0 Å². The fraction of sp³-hybridized carbons (Fsp3) is 0.400. The zero-order chi connectivity index (χ0) is 11.6. The maximum Gasteiger partial charge on any atom is 0.416 e. The van der Waals surface area contributed by atoms with E-state index >= 15 is 0 Å². The SMILES string of the molecule is CC(C)N(N)c1ccc(C(F)(F)F)cc1. The van der Waals surface area contributed by atoms with Gasteiger partial charge < -0.3 is 5.01 Å². The molecular formula is C10H13F3N2. The van der Waals surface area contributed by atoms with Crippen molar-refractivity contribution in [3.63, 3.8) is 0 Å². The third kappa shape index (κ3) is 2.86. The van der Waals surface area contributed by atoms with E-state index in [2.05, 4.69) is 0 Å². The van der Waals surface area contributed by atoms with E-state index in [9.17, 15) is 13.2 Å². The Morgan fingerprint density at radius 1 is 1.13 bits per heavy atom. The van der Waals surface area contributed by atoms with Gasteiger partial charge in [0.15, 0.2) is 0 Å². The van der Waals surface area contributed by atoms with E-state index in [0.717, 1.165) is 12.1 Å². The van der Waals surface area contributed by atoms with Crippen molar-refractivity contribution in [2.24, 2.45) is 5.84 Å². The van der Waals surface area contributed by atoms with E-state index in [1.165, 1.54) is 17.1 Å². The van der Waals surface area contributed by atoms with Gasteiger partial charge in [-0.3, -0.25) is 0 Å². The number of anilines is 1. The number of nitrogens with two attached hydrogens (primary N) is 1. The van der Waals surface area contributed by atoms with Gasteiger partial charge in [0, 0.05) is 6.04 Å². The number of hydrazine groups is 1. The summed E-state index contributed by atoms with van der Waals surface area (Å²) in [5.74, 6) is 5.65. The minimum atomic E-state index is -4.30. The zero-order valence-corrected chi connectivity index (χ0v) is 8.55. The molecule has 15 heavy (non-hydrogen) atoms. The molecule has 0 aliphatic rings. The van der Waals surface area contributed by atoms with Crippen LogP contribution < -0.4 is 10.9 Å². The van der Waals surface area contributed by atoms with Crippen molar-refractivity contribution in [1.82, 2.24) is 0 Å². The molecule has 0 spiro atoms. The van der Waals surface area contributed by atoms with Crippen LogP contribution in [-0.4, -0.2) is 6.04 Å². The first-order chi connectivity index (χ1) is 6.82. The summed E-state index contributed by atoms with van der Waals surface area (Å²) in [6, 6.07) is 4.82. The van der Waals surface area contributed by atoms with Gasteiger partial charge in [-0.1, -0.05) is 0 Å². The number of halogens is 3. The molecule has 0 heterocycles. The lowest BCUT2D eigenvalue weighted by Gasteiger charge is -2.23. The third-order valence-electron chi connectivity index (χ3n) is 2.05. The van der Waals surface area contributed by atoms with Gasteiger partial charge in [-0.15, -0.1) is 0 Å². The highest BCUT2D eigenvalue weighted by molar-refractivity contribution is 5.47. The molecule has 2 nitrogen and oxygen atoms in total. The second kappa shape index (κ2) is 4.10. The highest BCUT2D eigenvalue weighted by Crippen LogP contribution is 2.30. The molecule has 84 valence electrons. The molecular weight excluding hydrogens is 205 g/mol. The molecule has 0 radical (unpaired) electrons. The second-order valence-corrected chi connectivity index (χ2v) is 3.55. The van der Waals surface area contributed by atoms with E-state index in [1.807, 2.05) is 13.8 Å². The van der Waals surface area contributed by atoms with Crippen molar-refractivity contribution in [3.05, 3.63) is 29.8 Å². The largest absolute Gasteiger partial charge is 0.416 e. The summed E-state index contributed by atoms with van der Waals surface area (Å²) in [6.45, 7) is 3.72. The highest BCUT2D eigenvalue weighted by atomic mass is 19.4. The van der Waals surface area contributed by atoms with E-state index in [-0.39, 0.29) is 6.04 Å². The van der Waals surface area contributed by atoms with Gasteiger partial charge in [0.1, 0.15) is 0 Å². The Balaban J connectivity index is 2.91. The summed E-state index contributed by atoms with van der Waals surface area (Å²) < 4.78 is 36.7. The number of rotatable bonds is 2. The molecule has 5 heteroatoms. The molecule has 0 bridgehead atoms. The van der Waals surface area contributed by atoms with Gasteiger partial charge in [-0.25, -0.2) is 5.84 Å². The van der Waals surface area contributed by atoms with Crippen LogP contribution in [0.2, 0.25) is 0 Å². The van der Waals surface area contributed by atoms with Gasteiger partial charge in [-0.05, 0) is 38.1 Å². The first kappa shape index (κ1) is 11.8. The number of hydrogen-bond acceptors (Lipinski definition) is 2. The van der Waals surface area contributed by atoms with Crippen molar-refractivity contribution in [1.29, 1.82) is 0 Å². The van der Waals surface area contributed by atoms with Crippen molar-refractivity contribution in [3.8, 4) is 0 Å². The van der Waals surface area contributed by atoms with Crippen LogP contribution in [0.15, 0.2) is 24.3 Å². The minimum Gasteiger partial charge on any atom is -0.309 e. The number of benzene rings is 1. The predicted molar refractivity (Wildman–Crippen MR) is 53.2 cm³/mol. The lowest BCUT2D eigenvalue weighted by atomic mass is 10.2. The van der Waals surface area contributed by atoms with Crippen LogP contribution in [0.3, 0.4) is 0 Å².